The van der Waals surface area contributed by atoms with E-state index in [-0.39, 0.29) is 17.3 Å². The van der Waals surface area contributed by atoms with Gasteiger partial charge in [0.25, 0.3) is 0 Å². The second-order valence-corrected chi connectivity index (χ2v) is 8.32. The second-order valence-electron chi connectivity index (χ2n) is 6.41. The smallest absolute Gasteiger partial charge is 0.243 e. The lowest BCUT2D eigenvalue weighted by atomic mass is 10.2. The first-order valence-electron chi connectivity index (χ1n) is 8.84. The van der Waals surface area contributed by atoms with E-state index in [2.05, 4.69) is 10.6 Å². The molecule has 1 aliphatic heterocycles. The molecular formula is C19H22FN3O4S. The number of aryl methyl sites for hydroxylation is 1. The van der Waals surface area contributed by atoms with Crippen molar-refractivity contribution in [2.75, 3.05) is 43.5 Å². The number of halogens is 1. The highest BCUT2D eigenvalue weighted by Crippen LogP contribution is 2.24. The molecule has 1 fully saturated rings. The first-order valence-corrected chi connectivity index (χ1v) is 10.3. The number of ether oxygens (including phenoxy) is 1. The van der Waals surface area contributed by atoms with Crippen molar-refractivity contribution in [2.24, 2.45) is 0 Å². The van der Waals surface area contributed by atoms with E-state index in [4.69, 9.17) is 4.74 Å². The molecule has 0 atom stereocenters. The summed E-state index contributed by atoms with van der Waals surface area (Å²) in [5, 5.41) is 5.49. The zero-order valence-electron chi connectivity index (χ0n) is 15.4. The molecule has 1 saturated heterocycles. The van der Waals surface area contributed by atoms with Crippen LogP contribution in [0.2, 0.25) is 0 Å². The van der Waals surface area contributed by atoms with Gasteiger partial charge in [-0.05, 0) is 42.8 Å². The van der Waals surface area contributed by atoms with Crippen molar-refractivity contribution in [2.45, 2.75) is 11.8 Å². The van der Waals surface area contributed by atoms with Gasteiger partial charge in [0.15, 0.2) is 0 Å². The third kappa shape index (κ3) is 4.86. The molecule has 0 unspecified atom stereocenters. The minimum absolute atomic E-state index is 0.0867. The average Bonchev–Trinajstić information content (AvgIpc) is 2.68. The molecular weight excluding hydrogens is 385 g/mol. The summed E-state index contributed by atoms with van der Waals surface area (Å²) in [6.07, 6.45) is 0. The zero-order chi connectivity index (χ0) is 20.1. The molecule has 0 bridgehead atoms. The zero-order valence-corrected chi connectivity index (χ0v) is 16.3. The number of carbonyl (C=O) groups is 1. The van der Waals surface area contributed by atoms with Gasteiger partial charge in [0, 0.05) is 24.5 Å². The van der Waals surface area contributed by atoms with Gasteiger partial charge in [-0.15, -0.1) is 0 Å². The summed E-state index contributed by atoms with van der Waals surface area (Å²) in [5.74, 6) is -0.814. The van der Waals surface area contributed by atoms with Gasteiger partial charge in [0.2, 0.25) is 15.9 Å². The molecule has 0 spiro atoms. The molecule has 1 amide bonds. The molecule has 2 aromatic carbocycles. The van der Waals surface area contributed by atoms with Crippen LogP contribution in [0.25, 0.3) is 0 Å². The SMILES string of the molecule is Cc1ccc(NCC(=O)Nc2cccc(F)c2)cc1S(=O)(=O)N1CCOCC1. The molecule has 28 heavy (non-hydrogen) atoms. The third-order valence-corrected chi connectivity index (χ3v) is 6.38. The predicted octanol–water partition coefficient (Wildman–Crippen LogP) is 2.21. The number of morpholine rings is 1. The Bertz CT molecular complexity index is 959. The maximum Gasteiger partial charge on any atom is 0.243 e. The standard InChI is InChI=1S/C19H22FN3O4S/c1-14-5-6-16(12-18(14)28(25,26)23-7-9-27-10-8-23)21-13-19(24)22-17-4-2-3-15(20)11-17/h2-6,11-12,21H,7-10,13H2,1H3,(H,22,24). The maximum absolute atomic E-state index is 13.2. The van der Waals surface area contributed by atoms with Crippen molar-refractivity contribution in [3.8, 4) is 0 Å². The molecule has 7 nitrogen and oxygen atoms in total. The topological polar surface area (TPSA) is 87.7 Å². The molecule has 0 aliphatic carbocycles. The van der Waals surface area contributed by atoms with E-state index < -0.39 is 15.8 Å². The van der Waals surface area contributed by atoms with Gasteiger partial charge in [-0.25, -0.2) is 12.8 Å². The fraction of sp³-hybridized carbons (Fsp3) is 0.316. The first-order chi connectivity index (χ1) is 13.4. The Morgan fingerprint density at radius 1 is 1.14 bits per heavy atom. The van der Waals surface area contributed by atoms with Gasteiger partial charge >= 0.3 is 0 Å². The molecule has 2 aromatic rings. The first kappa shape index (κ1) is 20.2. The fourth-order valence-electron chi connectivity index (χ4n) is 2.87. The Kier molecular flexibility index (Phi) is 6.28. The van der Waals surface area contributed by atoms with Crippen LogP contribution in [0.4, 0.5) is 15.8 Å². The molecule has 1 aliphatic rings. The largest absolute Gasteiger partial charge is 0.379 e. The van der Waals surface area contributed by atoms with Crippen LogP contribution in [0, 0.1) is 12.7 Å². The second kappa shape index (κ2) is 8.68. The van der Waals surface area contributed by atoms with Crippen molar-refractivity contribution in [1.29, 1.82) is 0 Å². The fourth-order valence-corrected chi connectivity index (χ4v) is 4.53. The normalized spacial score (nSPS) is 15.2. The van der Waals surface area contributed by atoms with Crippen LogP contribution < -0.4 is 10.6 Å². The maximum atomic E-state index is 13.2. The number of benzene rings is 2. The number of nitrogens with one attached hydrogen (secondary N) is 2. The number of carbonyl (C=O) groups excluding carboxylic acids is 1. The van der Waals surface area contributed by atoms with Crippen LogP contribution in [-0.4, -0.2) is 51.5 Å². The Hall–Kier alpha value is -2.49. The Balaban J connectivity index is 1.68. The van der Waals surface area contributed by atoms with Gasteiger partial charge < -0.3 is 15.4 Å². The van der Waals surface area contributed by atoms with Gasteiger partial charge in [-0.3, -0.25) is 4.79 Å². The van der Waals surface area contributed by atoms with Crippen LogP contribution in [0.5, 0.6) is 0 Å². The van der Waals surface area contributed by atoms with Crippen LogP contribution in [0.15, 0.2) is 47.4 Å². The number of hydrogen-bond acceptors (Lipinski definition) is 5. The molecule has 0 saturated carbocycles. The molecule has 0 radical (unpaired) electrons. The van der Waals surface area contributed by atoms with Crippen molar-refractivity contribution in [3.63, 3.8) is 0 Å². The van der Waals surface area contributed by atoms with Crippen molar-refractivity contribution in [1.82, 2.24) is 4.31 Å². The lowest BCUT2D eigenvalue weighted by Crippen LogP contribution is -2.40. The van der Waals surface area contributed by atoms with Crippen molar-refractivity contribution < 1.29 is 22.3 Å². The quantitative estimate of drug-likeness (QED) is 0.767. The average molecular weight is 407 g/mol. The summed E-state index contributed by atoms with van der Waals surface area (Å²) in [6, 6.07) is 10.5. The van der Waals surface area contributed by atoms with Crippen molar-refractivity contribution in [3.05, 3.63) is 53.8 Å². The van der Waals surface area contributed by atoms with Crippen molar-refractivity contribution >= 4 is 27.3 Å². The van der Waals surface area contributed by atoms with Gasteiger partial charge in [0.05, 0.1) is 24.7 Å². The lowest BCUT2D eigenvalue weighted by molar-refractivity contribution is -0.114. The van der Waals surface area contributed by atoms with E-state index >= 15 is 0 Å². The molecule has 9 heteroatoms. The van der Waals surface area contributed by atoms with E-state index in [0.29, 0.717) is 43.2 Å². The summed E-state index contributed by atoms with van der Waals surface area (Å²) < 4.78 is 45.6. The van der Waals surface area contributed by atoms with Gasteiger partial charge in [0.1, 0.15) is 5.82 Å². The number of nitrogens with zero attached hydrogens (tertiary/aromatic N) is 1. The molecule has 3 rings (SSSR count). The number of rotatable bonds is 6. The Morgan fingerprint density at radius 2 is 1.89 bits per heavy atom. The summed E-state index contributed by atoms with van der Waals surface area (Å²) in [7, 11) is -3.64. The number of sulfonamides is 1. The summed E-state index contributed by atoms with van der Waals surface area (Å²) in [6.45, 7) is 3.02. The highest BCUT2D eigenvalue weighted by Gasteiger charge is 2.27. The van der Waals surface area contributed by atoms with E-state index in [1.807, 2.05) is 0 Å². The van der Waals surface area contributed by atoms with E-state index in [9.17, 15) is 17.6 Å². The number of amides is 1. The monoisotopic (exact) mass is 407 g/mol. The Morgan fingerprint density at radius 3 is 2.61 bits per heavy atom. The molecule has 0 aromatic heterocycles. The Labute approximate surface area is 163 Å². The van der Waals surface area contributed by atoms with Gasteiger partial charge in [-0.2, -0.15) is 4.31 Å². The van der Waals surface area contributed by atoms with Crippen LogP contribution in [0.3, 0.4) is 0 Å². The number of anilines is 2. The predicted molar refractivity (Wildman–Crippen MR) is 104 cm³/mol. The minimum Gasteiger partial charge on any atom is -0.379 e. The van der Waals surface area contributed by atoms with E-state index in [0.717, 1.165) is 0 Å². The van der Waals surface area contributed by atoms with Crippen LogP contribution in [0.1, 0.15) is 5.56 Å². The highest BCUT2D eigenvalue weighted by molar-refractivity contribution is 7.89. The van der Waals surface area contributed by atoms with Gasteiger partial charge in [-0.1, -0.05) is 12.1 Å². The number of hydrogen-bond donors (Lipinski definition) is 2. The molecule has 2 N–H and O–H groups in total. The summed E-state index contributed by atoms with van der Waals surface area (Å²) in [4.78, 5) is 12.3. The lowest BCUT2D eigenvalue weighted by Gasteiger charge is -2.27. The molecule has 150 valence electrons. The van der Waals surface area contributed by atoms with E-state index in [1.54, 1.807) is 25.1 Å². The summed E-state index contributed by atoms with van der Waals surface area (Å²) >= 11 is 0. The third-order valence-electron chi connectivity index (χ3n) is 4.34. The summed E-state index contributed by atoms with van der Waals surface area (Å²) in [5.41, 5.74) is 1.49. The van der Waals surface area contributed by atoms with Crippen LogP contribution >= 0.6 is 0 Å². The molecule has 1 heterocycles. The van der Waals surface area contributed by atoms with Crippen LogP contribution in [-0.2, 0) is 19.6 Å². The van der Waals surface area contributed by atoms with E-state index in [1.165, 1.54) is 28.6 Å². The highest BCUT2D eigenvalue weighted by atomic mass is 32.2. The minimum atomic E-state index is -3.64.